The lowest BCUT2D eigenvalue weighted by atomic mass is 9.70. The Labute approximate surface area is 280 Å². The predicted molar refractivity (Wildman–Crippen MR) is 180 cm³/mol. The van der Waals surface area contributed by atoms with Gasteiger partial charge in [-0.25, -0.2) is 4.68 Å². The summed E-state index contributed by atoms with van der Waals surface area (Å²) < 4.78 is 14.0. The van der Waals surface area contributed by atoms with Crippen LogP contribution in [0.15, 0.2) is 73.8 Å². The van der Waals surface area contributed by atoms with Gasteiger partial charge in [-0.2, -0.15) is 0 Å². The van der Waals surface area contributed by atoms with E-state index in [0.29, 0.717) is 62.2 Å². The number of anilines is 1. The monoisotopic (exact) mass is 656 g/mol. The van der Waals surface area contributed by atoms with Gasteiger partial charge in [-0.15, -0.1) is 18.3 Å². The van der Waals surface area contributed by atoms with Crippen LogP contribution in [0.1, 0.15) is 39.0 Å². The summed E-state index contributed by atoms with van der Waals surface area (Å²) in [6.07, 6.45) is 5.74. The highest BCUT2D eigenvalue weighted by Crippen LogP contribution is 2.59. The van der Waals surface area contributed by atoms with E-state index in [-0.39, 0.29) is 44.1 Å². The van der Waals surface area contributed by atoms with Gasteiger partial charge in [0.05, 0.1) is 30.1 Å². The molecule has 4 heterocycles. The maximum atomic E-state index is 14.8. The van der Waals surface area contributed by atoms with Gasteiger partial charge in [0.2, 0.25) is 17.7 Å². The van der Waals surface area contributed by atoms with Gasteiger partial charge in [-0.05, 0) is 75.4 Å². The van der Waals surface area contributed by atoms with Crippen LogP contribution in [-0.4, -0.2) is 98.2 Å². The smallest absolute Gasteiger partial charge is 0.250 e. The van der Waals surface area contributed by atoms with Crippen molar-refractivity contribution in [1.29, 1.82) is 0 Å². The Hall–Kier alpha value is -4.55. The van der Waals surface area contributed by atoms with E-state index >= 15 is 0 Å². The second kappa shape index (κ2) is 14.3. The SMILES string of the molecule is C=CCN(Cn1nnc2ccccc21)C(=O)C1N(CCCCCO)C(=O)[C@@H]2[C@@H](C(=O)N(CC=C)c3ccc(OCC)cc3)[C@H]3CCC12O3. The molecule has 5 atom stereocenters. The lowest BCUT2D eigenvalue weighted by Crippen LogP contribution is -2.56. The van der Waals surface area contributed by atoms with E-state index in [1.807, 2.05) is 55.5 Å². The van der Waals surface area contributed by atoms with E-state index in [4.69, 9.17) is 9.47 Å². The van der Waals surface area contributed by atoms with E-state index in [1.54, 1.807) is 31.5 Å². The highest BCUT2D eigenvalue weighted by Gasteiger charge is 2.74. The highest BCUT2D eigenvalue weighted by atomic mass is 16.5. The Morgan fingerprint density at radius 1 is 1.08 bits per heavy atom. The summed E-state index contributed by atoms with van der Waals surface area (Å²) in [6, 6.07) is 13.9. The molecule has 3 saturated heterocycles. The number of rotatable bonds is 16. The topological polar surface area (TPSA) is 130 Å². The van der Waals surface area contributed by atoms with E-state index in [0.717, 1.165) is 5.52 Å². The van der Waals surface area contributed by atoms with Gasteiger partial charge >= 0.3 is 0 Å². The minimum atomic E-state index is -1.15. The second-order valence-electron chi connectivity index (χ2n) is 12.6. The van der Waals surface area contributed by atoms with Crippen LogP contribution in [0.5, 0.6) is 5.75 Å². The molecule has 2 unspecified atom stereocenters. The van der Waals surface area contributed by atoms with Crippen molar-refractivity contribution in [3.05, 3.63) is 73.8 Å². The molecule has 254 valence electrons. The van der Waals surface area contributed by atoms with Gasteiger partial charge < -0.3 is 29.3 Å². The number of carbonyl (C=O) groups is 3. The molecular weight excluding hydrogens is 612 g/mol. The van der Waals surface area contributed by atoms with Gasteiger partial charge in [0.25, 0.3) is 0 Å². The predicted octanol–water partition coefficient (Wildman–Crippen LogP) is 3.56. The number of ether oxygens (including phenoxy) is 2. The minimum absolute atomic E-state index is 0.0495. The van der Waals surface area contributed by atoms with Crippen LogP contribution in [0.2, 0.25) is 0 Å². The second-order valence-corrected chi connectivity index (χ2v) is 12.6. The molecule has 48 heavy (non-hydrogen) atoms. The molecule has 1 aromatic heterocycles. The summed E-state index contributed by atoms with van der Waals surface area (Å²) >= 11 is 0. The normalized spacial score (nSPS) is 24.1. The molecule has 3 aliphatic rings. The number of benzene rings is 2. The van der Waals surface area contributed by atoms with Gasteiger partial charge in [0.1, 0.15) is 29.6 Å². The van der Waals surface area contributed by atoms with Crippen LogP contribution in [0.4, 0.5) is 5.69 Å². The molecule has 3 aliphatic heterocycles. The van der Waals surface area contributed by atoms with Crippen molar-refractivity contribution < 1.29 is 29.0 Å². The number of para-hydroxylation sites is 1. The Morgan fingerprint density at radius 3 is 2.58 bits per heavy atom. The molecule has 0 radical (unpaired) electrons. The third-order valence-corrected chi connectivity index (χ3v) is 9.80. The maximum absolute atomic E-state index is 14.8. The molecule has 1 N–H and O–H groups in total. The lowest BCUT2D eigenvalue weighted by molar-refractivity contribution is -0.149. The number of fused-ring (bicyclic) bond motifs is 2. The molecule has 3 amide bonds. The number of carbonyl (C=O) groups excluding carboxylic acids is 3. The quantitative estimate of drug-likeness (QED) is 0.183. The van der Waals surface area contributed by atoms with Crippen molar-refractivity contribution in [2.45, 2.75) is 63.4 Å². The van der Waals surface area contributed by atoms with Gasteiger partial charge in [0, 0.05) is 31.9 Å². The van der Waals surface area contributed by atoms with E-state index in [9.17, 15) is 19.5 Å². The molecule has 3 aromatic rings. The number of unbranched alkanes of at least 4 members (excludes halogenated alkanes) is 2. The molecule has 0 aliphatic carbocycles. The number of aliphatic hydroxyl groups excluding tert-OH is 1. The number of likely N-dealkylation sites (tertiary alicyclic amines) is 1. The standard InChI is InChI=1S/C36H44N6O6/c1-4-20-39(24-42-28-13-9-8-12-27(28)37-38-42)35(46)32-36-19-18-29(48-36)30(31(36)34(45)41(32)22-10-7-11-23-43)33(44)40(21-5-2)25-14-16-26(17-15-25)47-6-3/h4-5,8-9,12-17,29-32,43H,1-2,6-7,10-11,18-24H2,3H3/t29-,30+,31+,32?,36?/m1/s1. The zero-order chi connectivity index (χ0) is 33.8. The Morgan fingerprint density at radius 2 is 1.85 bits per heavy atom. The zero-order valence-electron chi connectivity index (χ0n) is 27.4. The number of aliphatic hydroxyl groups is 1. The van der Waals surface area contributed by atoms with Crippen molar-refractivity contribution in [1.82, 2.24) is 24.8 Å². The first kappa shape index (κ1) is 33.4. The molecule has 2 aromatic carbocycles. The maximum Gasteiger partial charge on any atom is 0.250 e. The summed E-state index contributed by atoms with van der Waals surface area (Å²) in [4.78, 5) is 48.7. The first-order valence-electron chi connectivity index (χ1n) is 16.8. The lowest BCUT2D eigenvalue weighted by Gasteiger charge is -2.37. The average molecular weight is 657 g/mol. The largest absolute Gasteiger partial charge is 0.494 e. The third kappa shape index (κ3) is 5.87. The Balaban J connectivity index is 1.34. The first-order valence-corrected chi connectivity index (χ1v) is 16.8. The van der Waals surface area contributed by atoms with Crippen molar-refractivity contribution in [3.63, 3.8) is 0 Å². The third-order valence-electron chi connectivity index (χ3n) is 9.80. The summed E-state index contributed by atoms with van der Waals surface area (Å²) in [5, 5.41) is 17.9. The number of hydrogen-bond donors (Lipinski definition) is 1. The summed E-state index contributed by atoms with van der Waals surface area (Å²) in [5.74, 6) is -1.63. The van der Waals surface area contributed by atoms with Crippen LogP contribution >= 0.6 is 0 Å². The highest BCUT2D eigenvalue weighted by molar-refractivity contribution is 6.03. The number of nitrogens with zero attached hydrogens (tertiary/aromatic N) is 6. The van der Waals surface area contributed by atoms with Crippen LogP contribution in [0.3, 0.4) is 0 Å². The number of amides is 3. The van der Waals surface area contributed by atoms with Crippen molar-refractivity contribution >= 4 is 34.4 Å². The summed E-state index contributed by atoms with van der Waals surface area (Å²) in [6.45, 7) is 11.1. The summed E-state index contributed by atoms with van der Waals surface area (Å²) in [7, 11) is 0. The number of hydrogen-bond acceptors (Lipinski definition) is 8. The zero-order valence-corrected chi connectivity index (χ0v) is 27.4. The molecule has 0 saturated carbocycles. The van der Waals surface area contributed by atoms with E-state index in [2.05, 4.69) is 23.5 Å². The fraction of sp³-hybridized carbons (Fsp3) is 0.472. The Kier molecular flexibility index (Phi) is 9.93. The molecule has 3 fully saturated rings. The van der Waals surface area contributed by atoms with Crippen LogP contribution in [0, 0.1) is 11.8 Å². The van der Waals surface area contributed by atoms with Crippen LogP contribution in [-0.2, 0) is 25.8 Å². The van der Waals surface area contributed by atoms with Crippen LogP contribution < -0.4 is 9.64 Å². The molecule has 12 heteroatoms. The molecule has 1 spiro atoms. The fourth-order valence-electron chi connectivity index (χ4n) is 7.78. The first-order chi connectivity index (χ1) is 23.4. The molecular formula is C36H44N6O6. The minimum Gasteiger partial charge on any atom is -0.494 e. The Bertz CT molecular complexity index is 1660. The van der Waals surface area contributed by atoms with Gasteiger partial charge in [-0.1, -0.05) is 29.5 Å². The van der Waals surface area contributed by atoms with Gasteiger partial charge in [-0.3, -0.25) is 14.4 Å². The van der Waals surface area contributed by atoms with Crippen molar-refractivity contribution in [2.24, 2.45) is 11.8 Å². The fourth-order valence-corrected chi connectivity index (χ4v) is 7.78. The van der Waals surface area contributed by atoms with Crippen LogP contribution in [0.25, 0.3) is 11.0 Å². The van der Waals surface area contributed by atoms with Crippen molar-refractivity contribution in [2.75, 3.05) is 37.7 Å². The van der Waals surface area contributed by atoms with E-state index < -0.39 is 29.6 Å². The van der Waals surface area contributed by atoms with E-state index in [1.165, 1.54) is 0 Å². The summed E-state index contributed by atoms with van der Waals surface area (Å²) in [5.41, 5.74) is 0.994. The molecule has 6 rings (SSSR count). The molecule has 12 nitrogen and oxygen atoms in total. The average Bonchev–Trinajstić information content (AvgIpc) is 3.85. The van der Waals surface area contributed by atoms with Gasteiger partial charge in [0.15, 0.2) is 0 Å². The molecule has 2 bridgehead atoms. The van der Waals surface area contributed by atoms with Crippen molar-refractivity contribution in [3.8, 4) is 5.75 Å². The number of aromatic nitrogens is 3.